The largest absolute Gasteiger partial charge is 0.497 e. The predicted octanol–water partition coefficient (Wildman–Crippen LogP) is 4.37. The molecule has 8 heteroatoms. The number of methoxy groups -OCH3 is 1. The van der Waals surface area contributed by atoms with Crippen molar-refractivity contribution in [3.63, 3.8) is 0 Å². The van der Waals surface area contributed by atoms with E-state index in [0.29, 0.717) is 11.3 Å². The summed E-state index contributed by atoms with van der Waals surface area (Å²) in [5.74, 6) is 0.383. The number of nitrogens with zero attached hydrogens (tertiary/aromatic N) is 1. The van der Waals surface area contributed by atoms with Crippen molar-refractivity contribution in [2.75, 3.05) is 7.11 Å². The number of alkyl carbamates (subject to hydrolysis) is 1. The number of carbonyl (C=O) groups excluding carboxylic acids is 2. The number of amides is 2. The second kappa shape index (κ2) is 9.40. The fraction of sp³-hybridized carbons (Fsp3) is 0.292. The van der Waals surface area contributed by atoms with Gasteiger partial charge in [-0.2, -0.15) is 0 Å². The minimum Gasteiger partial charge on any atom is -0.497 e. The molecule has 3 rings (SSSR count). The van der Waals surface area contributed by atoms with Crippen molar-refractivity contribution >= 4 is 34.9 Å². The minimum absolute atomic E-state index is 0.197. The molecule has 1 unspecified atom stereocenters. The molecule has 2 amide bonds. The molecule has 2 aromatic rings. The molecular weight excluding hydrogens is 426 g/mol. The third-order valence-corrected chi connectivity index (χ3v) is 5.11. The van der Waals surface area contributed by atoms with E-state index >= 15 is 0 Å². The summed E-state index contributed by atoms with van der Waals surface area (Å²) >= 11 is 5.49. The maximum atomic E-state index is 13.4. The molecule has 2 N–H and O–H groups in total. The Labute approximate surface area is 193 Å². The first kappa shape index (κ1) is 23.3. The van der Waals surface area contributed by atoms with Gasteiger partial charge in [0.05, 0.1) is 7.11 Å². The summed E-state index contributed by atoms with van der Waals surface area (Å²) in [7, 11) is 1.60. The van der Waals surface area contributed by atoms with Crippen LogP contribution in [0.5, 0.6) is 5.75 Å². The number of carbonyl (C=O) groups is 2. The van der Waals surface area contributed by atoms with E-state index in [0.717, 1.165) is 16.9 Å². The topological polar surface area (TPSA) is 79.9 Å². The third kappa shape index (κ3) is 5.26. The van der Waals surface area contributed by atoms with Crippen LogP contribution in [0.25, 0.3) is 5.57 Å². The quantitative estimate of drug-likeness (QED) is 0.517. The SMILES string of the molecule is COc1ccc(/C(C)=C2\NC(=S)N(C(NC(=O)OC(C)(C)C)c3ccccc3)C2=O)cc1. The van der Waals surface area contributed by atoms with Crippen LogP contribution < -0.4 is 15.4 Å². The second-order valence-corrected chi connectivity index (χ2v) is 8.68. The number of nitrogens with one attached hydrogen (secondary N) is 2. The first-order valence-corrected chi connectivity index (χ1v) is 10.6. The van der Waals surface area contributed by atoms with Gasteiger partial charge in [-0.1, -0.05) is 42.5 Å². The zero-order valence-corrected chi connectivity index (χ0v) is 19.6. The Morgan fingerprint density at radius 3 is 2.28 bits per heavy atom. The molecule has 1 fully saturated rings. The van der Waals surface area contributed by atoms with Crippen molar-refractivity contribution in [2.45, 2.75) is 39.5 Å². The van der Waals surface area contributed by atoms with Gasteiger partial charge in [0.1, 0.15) is 23.2 Å². The average molecular weight is 454 g/mol. The Morgan fingerprint density at radius 2 is 1.72 bits per heavy atom. The van der Waals surface area contributed by atoms with Gasteiger partial charge in [0.15, 0.2) is 5.11 Å². The number of rotatable bonds is 5. The summed E-state index contributed by atoms with van der Waals surface area (Å²) in [6.07, 6.45) is -1.48. The lowest BCUT2D eigenvalue weighted by Crippen LogP contribution is -2.46. The third-order valence-electron chi connectivity index (χ3n) is 4.81. The van der Waals surface area contributed by atoms with Gasteiger partial charge in [-0.25, -0.2) is 4.79 Å². The fourth-order valence-electron chi connectivity index (χ4n) is 3.26. The number of hydrogen-bond acceptors (Lipinski definition) is 5. The van der Waals surface area contributed by atoms with Crippen molar-refractivity contribution in [2.24, 2.45) is 0 Å². The van der Waals surface area contributed by atoms with Crippen LogP contribution in [0.2, 0.25) is 0 Å². The van der Waals surface area contributed by atoms with E-state index in [-0.39, 0.29) is 11.0 Å². The summed E-state index contributed by atoms with van der Waals surface area (Å²) in [5, 5.41) is 6.00. The molecule has 0 bridgehead atoms. The predicted molar refractivity (Wildman–Crippen MR) is 127 cm³/mol. The normalized spacial score (nSPS) is 16.3. The number of thiocarbonyl (C=S) groups is 1. The number of hydrogen-bond donors (Lipinski definition) is 2. The highest BCUT2D eigenvalue weighted by Crippen LogP contribution is 2.29. The standard InChI is InChI=1S/C24H27N3O4S/c1-15(16-11-13-18(30-5)14-12-16)19-21(28)27(22(32)25-19)20(17-9-7-6-8-10-17)26-23(29)31-24(2,3)4/h6-14,20H,1-5H3,(H,25,32)(H,26,29)/b19-15-. The molecule has 1 heterocycles. The van der Waals surface area contributed by atoms with Gasteiger partial charge >= 0.3 is 6.09 Å². The summed E-state index contributed by atoms with van der Waals surface area (Å²) in [6.45, 7) is 7.16. The van der Waals surface area contributed by atoms with Crippen LogP contribution in [0.3, 0.4) is 0 Å². The molecule has 0 saturated carbocycles. The molecule has 1 aliphatic heterocycles. The van der Waals surface area contributed by atoms with Crippen LogP contribution in [0.1, 0.15) is 45.0 Å². The van der Waals surface area contributed by atoms with E-state index in [4.69, 9.17) is 21.7 Å². The molecule has 1 atom stereocenters. The fourth-order valence-corrected chi connectivity index (χ4v) is 3.55. The molecule has 0 spiro atoms. The smallest absolute Gasteiger partial charge is 0.409 e. The summed E-state index contributed by atoms with van der Waals surface area (Å²) in [5.41, 5.74) is 1.94. The molecule has 0 aromatic heterocycles. The van der Waals surface area contributed by atoms with Crippen LogP contribution in [0.4, 0.5) is 4.79 Å². The highest BCUT2D eigenvalue weighted by Gasteiger charge is 2.39. The molecule has 168 valence electrons. The Balaban J connectivity index is 1.95. The van der Waals surface area contributed by atoms with Gasteiger partial charge in [0, 0.05) is 0 Å². The van der Waals surface area contributed by atoms with E-state index < -0.39 is 17.9 Å². The Hall–Kier alpha value is -3.39. The molecule has 32 heavy (non-hydrogen) atoms. The maximum absolute atomic E-state index is 13.4. The van der Waals surface area contributed by atoms with Crippen molar-refractivity contribution < 1.29 is 19.1 Å². The lowest BCUT2D eigenvalue weighted by molar-refractivity contribution is -0.124. The Morgan fingerprint density at radius 1 is 1.09 bits per heavy atom. The molecular formula is C24H27N3O4S. The monoisotopic (exact) mass is 453 g/mol. The van der Waals surface area contributed by atoms with Crippen molar-refractivity contribution in [3.05, 3.63) is 71.4 Å². The molecule has 0 aliphatic carbocycles. The first-order valence-electron chi connectivity index (χ1n) is 10.1. The highest BCUT2D eigenvalue weighted by molar-refractivity contribution is 7.80. The molecule has 2 aromatic carbocycles. The number of allylic oxidation sites excluding steroid dienone is 1. The zero-order valence-electron chi connectivity index (χ0n) is 18.8. The molecule has 1 aliphatic rings. The van der Waals surface area contributed by atoms with Gasteiger partial charge in [0.2, 0.25) is 0 Å². The van der Waals surface area contributed by atoms with E-state index in [1.54, 1.807) is 27.9 Å². The summed E-state index contributed by atoms with van der Waals surface area (Å²) in [4.78, 5) is 27.3. The number of benzene rings is 2. The lowest BCUT2D eigenvalue weighted by atomic mass is 10.0. The Kier molecular flexibility index (Phi) is 6.84. The van der Waals surface area contributed by atoms with Gasteiger partial charge in [0.25, 0.3) is 5.91 Å². The van der Waals surface area contributed by atoms with E-state index in [1.165, 1.54) is 4.90 Å². The van der Waals surface area contributed by atoms with Crippen molar-refractivity contribution in [1.29, 1.82) is 0 Å². The average Bonchev–Trinajstić information content (AvgIpc) is 3.05. The lowest BCUT2D eigenvalue weighted by Gasteiger charge is -2.29. The second-order valence-electron chi connectivity index (χ2n) is 8.29. The van der Waals surface area contributed by atoms with Crippen LogP contribution in [0.15, 0.2) is 60.3 Å². The van der Waals surface area contributed by atoms with Crippen molar-refractivity contribution in [3.8, 4) is 5.75 Å². The van der Waals surface area contributed by atoms with Crippen molar-refractivity contribution in [1.82, 2.24) is 15.5 Å². The first-order chi connectivity index (χ1) is 15.1. The van der Waals surface area contributed by atoms with Gasteiger partial charge in [-0.05, 0) is 68.7 Å². The molecule has 0 radical (unpaired) electrons. The van der Waals surface area contributed by atoms with E-state index in [9.17, 15) is 9.59 Å². The highest BCUT2D eigenvalue weighted by atomic mass is 32.1. The van der Waals surface area contributed by atoms with Crippen LogP contribution in [-0.4, -0.2) is 34.7 Å². The number of ether oxygens (including phenoxy) is 2. The minimum atomic E-state index is -0.834. The maximum Gasteiger partial charge on any atom is 0.409 e. The van der Waals surface area contributed by atoms with Gasteiger partial charge in [-0.3, -0.25) is 15.0 Å². The van der Waals surface area contributed by atoms with Crippen LogP contribution >= 0.6 is 12.2 Å². The van der Waals surface area contributed by atoms with E-state index in [2.05, 4.69) is 10.6 Å². The molecule has 1 saturated heterocycles. The van der Waals surface area contributed by atoms with Crippen LogP contribution in [-0.2, 0) is 9.53 Å². The summed E-state index contributed by atoms with van der Waals surface area (Å²) in [6, 6.07) is 16.5. The van der Waals surface area contributed by atoms with E-state index in [1.807, 2.05) is 61.5 Å². The summed E-state index contributed by atoms with van der Waals surface area (Å²) < 4.78 is 10.6. The molecule has 7 nitrogen and oxygen atoms in total. The Bertz CT molecular complexity index is 1040. The van der Waals surface area contributed by atoms with Crippen LogP contribution in [0, 0.1) is 0 Å². The zero-order chi connectivity index (χ0) is 23.5. The van der Waals surface area contributed by atoms with Gasteiger partial charge in [-0.15, -0.1) is 0 Å². The van der Waals surface area contributed by atoms with Gasteiger partial charge < -0.3 is 14.8 Å².